The summed E-state index contributed by atoms with van der Waals surface area (Å²) in [7, 11) is 0. The van der Waals surface area contributed by atoms with Gasteiger partial charge < -0.3 is 10.6 Å². The molecule has 1 amide bonds. The van der Waals surface area contributed by atoms with Crippen LogP contribution in [-0.2, 0) is 4.79 Å². The Labute approximate surface area is 89.9 Å². The lowest BCUT2D eigenvalue weighted by Crippen LogP contribution is -2.15. The molecule has 3 nitrogen and oxygen atoms in total. The van der Waals surface area contributed by atoms with E-state index in [9.17, 15) is 4.79 Å². The Hall–Kier alpha value is -1.51. The first kappa shape index (κ1) is 10.0. The van der Waals surface area contributed by atoms with Crippen LogP contribution in [0.4, 0.5) is 11.4 Å². The molecule has 1 fully saturated rings. The lowest BCUT2D eigenvalue weighted by atomic mass is 10.2. The molecule has 3 heteroatoms. The predicted octanol–water partition coefficient (Wildman–Crippen LogP) is 2.61. The normalized spacial score (nSPS) is 16.3. The summed E-state index contributed by atoms with van der Waals surface area (Å²) in [5, 5.41) is 6.18. The molecule has 0 saturated heterocycles. The van der Waals surface area contributed by atoms with E-state index in [0.717, 1.165) is 17.8 Å². The number of rotatable bonds is 4. The molecule has 1 saturated carbocycles. The van der Waals surface area contributed by atoms with Crippen molar-refractivity contribution in [3.8, 4) is 0 Å². The Bertz CT molecular complexity index is 332. The molecule has 0 bridgehead atoms. The SMILES string of the molecule is O=CNc1ccccc1NC1CCCC1. The van der Waals surface area contributed by atoms with Crippen LogP contribution >= 0.6 is 0 Å². The van der Waals surface area contributed by atoms with Crippen LogP contribution in [0, 0.1) is 0 Å². The second-order valence-corrected chi connectivity index (χ2v) is 3.93. The molecule has 80 valence electrons. The second kappa shape index (κ2) is 4.82. The summed E-state index contributed by atoms with van der Waals surface area (Å²) in [5.74, 6) is 0. The molecular weight excluding hydrogens is 188 g/mol. The molecule has 0 unspecified atom stereocenters. The summed E-state index contributed by atoms with van der Waals surface area (Å²) in [6.45, 7) is 0. The van der Waals surface area contributed by atoms with Crippen molar-refractivity contribution in [2.45, 2.75) is 31.7 Å². The molecule has 15 heavy (non-hydrogen) atoms. The van der Waals surface area contributed by atoms with E-state index in [4.69, 9.17) is 0 Å². The second-order valence-electron chi connectivity index (χ2n) is 3.93. The van der Waals surface area contributed by atoms with Gasteiger partial charge in [-0.15, -0.1) is 0 Å². The molecule has 0 aromatic heterocycles. The van der Waals surface area contributed by atoms with Crippen molar-refractivity contribution < 1.29 is 4.79 Å². The van der Waals surface area contributed by atoms with Crippen molar-refractivity contribution in [3.05, 3.63) is 24.3 Å². The van der Waals surface area contributed by atoms with E-state index in [1.165, 1.54) is 25.7 Å². The smallest absolute Gasteiger partial charge is 0.211 e. The molecule has 0 aliphatic heterocycles. The number of benzene rings is 1. The molecule has 1 aromatic carbocycles. The lowest BCUT2D eigenvalue weighted by molar-refractivity contribution is -0.105. The van der Waals surface area contributed by atoms with Crippen LogP contribution < -0.4 is 10.6 Å². The fraction of sp³-hybridized carbons (Fsp3) is 0.417. The van der Waals surface area contributed by atoms with Crippen molar-refractivity contribution >= 4 is 17.8 Å². The number of hydrogen-bond donors (Lipinski definition) is 2. The minimum absolute atomic E-state index is 0.569. The molecule has 2 rings (SSSR count). The van der Waals surface area contributed by atoms with Gasteiger partial charge in [-0.2, -0.15) is 0 Å². The van der Waals surface area contributed by atoms with Gasteiger partial charge in [0.15, 0.2) is 0 Å². The summed E-state index contributed by atoms with van der Waals surface area (Å²) in [6, 6.07) is 8.38. The van der Waals surface area contributed by atoms with Gasteiger partial charge in [-0.25, -0.2) is 0 Å². The molecule has 1 aliphatic carbocycles. The number of amides is 1. The summed E-state index contributed by atoms with van der Waals surface area (Å²) in [4.78, 5) is 10.4. The molecule has 0 heterocycles. The third-order valence-corrected chi connectivity index (χ3v) is 2.86. The highest BCUT2D eigenvalue weighted by molar-refractivity contribution is 5.80. The number of hydrogen-bond acceptors (Lipinski definition) is 2. The largest absolute Gasteiger partial charge is 0.381 e. The topological polar surface area (TPSA) is 41.1 Å². The quantitative estimate of drug-likeness (QED) is 0.740. The van der Waals surface area contributed by atoms with Gasteiger partial charge in [0, 0.05) is 6.04 Å². The van der Waals surface area contributed by atoms with Crippen LogP contribution in [0.25, 0.3) is 0 Å². The maximum Gasteiger partial charge on any atom is 0.211 e. The average Bonchev–Trinajstić information content (AvgIpc) is 2.74. The van der Waals surface area contributed by atoms with Crippen molar-refractivity contribution in [1.29, 1.82) is 0 Å². The summed E-state index contributed by atoms with van der Waals surface area (Å²) in [6.07, 6.45) is 5.79. The fourth-order valence-electron chi connectivity index (χ4n) is 2.09. The van der Waals surface area contributed by atoms with E-state index < -0.39 is 0 Å². The van der Waals surface area contributed by atoms with E-state index >= 15 is 0 Å². The zero-order valence-corrected chi connectivity index (χ0v) is 8.70. The molecule has 1 aromatic rings. The van der Waals surface area contributed by atoms with Crippen LogP contribution in [-0.4, -0.2) is 12.5 Å². The Kier molecular flexibility index (Phi) is 3.22. The van der Waals surface area contributed by atoms with Gasteiger partial charge in [-0.3, -0.25) is 4.79 Å². The Balaban J connectivity index is 2.08. The first-order valence-electron chi connectivity index (χ1n) is 5.46. The zero-order chi connectivity index (χ0) is 10.5. The number of carbonyl (C=O) groups is 1. The van der Waals surface area contributed by atoms with Crippen molar-refractivity contribution in [3.63, 3.8) is 0 Å². The molecule has 0 atom stereocenters. The van der Waals surface area contributed by atoms with E-state index in [1.807, 2.05) is 24.3 Å². The Morgan fingerprint density at radius 1 is 1.13 bits per heavy atom. The van der Waals surface area contributed by atoms with Crippen molar-refractivity contribution in [1.82, 2.24) is 0 Å². The first-order chi connectivity index (χ1) is 7.40. The highest BCUT2D eigenvalue weighted by Gasteiger charge is 2.15. The number of para-hydroxylation sites is 2. The molecule has 0 spiro atoms. The third kappa shape index (κ3) is 2.49. The maximum atomic E-state index is 10.4. The minimum atomic E-state index is 0.569. The van der Waals surface area contributed by atoms with Crippen molar-refractivity contribution in [2.24, 2.45) is 0 Å². The number of nitrogens with one attached hydrogen (secondary N) is 2. The van der Waals surface area contributed by atoms with E-state index in [-0.39, 0.29) is 0 Å². The van der Waals surface area contributed by atoms with Gasteiger partial charge in [0.1, 0.15) is 0 Å². The first-order valence-corrected chi connectivity index (χ1v) is 5.46. The van der Waals surface area contributed by atoms with Crippen LogP contribution in [0.5, 0.6) is 0 Å². The van der Waals surface area contributed by atoms with Gasteiger partial charge in [0.2, 0.25) is 6.41 Å². The highest BCUT2D eigenvalue weighted by Crippen LogP contribution is 2.26. The standard InChI is InChI=1S/C12H16N2O/c15-9-13-11-7-3-4-8-12(11)14-10-5-1-2-6-10/h3-4,7-10,14H,1-2,5-6H2,(H,13,15). The highest BCUT2D eigenvalue weighted by atomic mass is 16.1. The predicted molar refractivity (Wildman–Crippen MR) is 62.0 cm³/mol. The van der Waals surface area contributed by atoms with Gasteiger partial charge in [0.25, 0.3) is 0 Å². The van der Waals surface area contributed by atoms with Crippen LogP contribution in [0.2, 0.25) is 0 Å². The lowest BCUT2D eigenvalue weighted by Gasteiger charge is -2.16. The summed E-state index contributed by atoms with van der Waals surface area (Å²) < 4.78 is 0. The van der Waals surface area contributed by atoms with Crippen LogP contribution in [0.3, 0.4) is 0 Å². The summed E-state index contributed by atoms with van der Waals surface area (Å²) in [5.41, 5.74) is 1.89. The Morgan fingerprint density at radius 3 is 2.47 bits per heavy atom. The van der Waals surface area contributed by atoms with Gasteiger partial charge >= 0.3 is 0 Å². The maximum absolute atomic E-state index is 10.4. The monoisotopic (exact) mass is 204 g/mol. The van der Waals surface area contributed by atoms with E-state index in [2.05, 4.69) is 10.6 Å². The average molecular weight is 204 g/mol. The number of carbonyl (C=O) groups excluding carboxylic acids is 1. The van der Waals surface area contributed by atoms with Crippen molar-refractivity contribution in [2.75, 3.05) is 10.6 Å². The van der Waals surface area contributed by atoms with Crippen LogP contribution in [0.15, 0.2) is 24.3 Å². The molecular formula is C12H16N2O. The third-order valence-electron chi connectivity index (χ3n) is 2.86. The minimum Gasteiger partial charge on any atom is -0.381 e. The molecule has 2 N–H and O–H groups in total. The summed E-state index contributed by atoms with van der Waals surface area (Å²) >= 11 is 0. The van der Waals surface area contributed by atoms with Gasteiger partial charge in [-0.05, 0) is 25.0 Å². The molecule has 0 radical (unpaired) electrons. The zero-order valence-electron chi connectivity index (χ0n) is 8.70. The van der Waals surface area contributed by atoms with Crippen LogP contribution in [0.1, 0.15) is 25.7 Å². The number of anilines is 2. The fourth-order valence-corrected chi connectivity index (χ4v) is 2.09. The van der Waals surface area contributed by atoms with Gasteiger partial charge in [0.05, 0.1) is 11.4 Å². The van der Waals surface area contributed by atoms with Gasteiger partial charge in [-0.1, -0.05) is 25.0 Å². The van der Waals surface area contributed by atoms with E-state index in [1.54, 1.807) is 0 Å². The van der Waals surface area contributed by atoms with E-state index in [0.29, 0.717) is 6.04 Å². The molecule has 1 aliphatic rings. The Morgan fingerprint density at radius 2 is 1.80 bits per heavy atom.